The van der Waals surface area contributed by atoms with Gasteiger partial charge in [0, 0.05) is 5.56 Å². The third-order valence-corrected chi connectivity index (χ3v) is 5.63. The van der Waals surface area contributed by atoms with E-state index in [4.69, 9.17) is 18.9 Å². The second-order valence-corrected chi connectivity index (χ2v) is 8.12. The van der Waals surface area contributed by atoms with Crippen LogP contribution in [-0.4, -0.2) is 44.5 Å². The van der Waals surface area contributed by atoms with Crippen molar-refractivity contribution in [3.63, 3.8) is 0 Å². The maximum absolute atomic E-state index is 12.9. The van der Waals surface area contributed by atoms with Crippen molar-refractivity contribution < 1.29 is 33.3 Å². The van der Waals surface area contributed by atoms with Crippen LogP contribution in [0.4, 0.5) is 5.69 Å². The Morgan fingerprint density at radius 1 is 0.906 bits per heavy atom. The van der Waals surface area contributed by atoms with E-state index in [1.807, 2.05) is 26.8 Å². The van der Waals surface area contributed by atoms with Crippen LogP contribution in [0.15, 0.2) is 30.3 Å². The van der Waals surface area contributed by atoms with Gasteiger partial charge in [-0.3, -0.25) is 14.5 Å². The quantitative estimate of drug-likeness (QED) is 0.401. The SMILES string of the molecule is COc1cc(C(=O)Oc2cc3c4c(c2)C(C)=CC(C)(C)N4C(=O)C3=O)cc(OC)c1OC. The van der Waals surface area contributed by atoms with Crippen molar-refractivity contribution in [2.24, 2.45) is 0 Å². The van der Waals surface area contributed by atoms with Crippen LogP contribution in [0.25, 0.3) is 5.57 Å². The predicted octanol–water partition coefficient (Wildman–Crippen LogP) is 3.66. The van der Waals surface area contributed by atoms with E-state index >= 15 is 0 Å². The second-order valence-electron chi connectivity index (χ2n) is 8.12. The van der Waals surface area contributed by atoms with Gasteiger partial charge in [0.1, 0.15) is 5.75 Å². The molecule has 2 aromatic carbocycles. The van der Waals surface area contributed by atoms with Crippen LogP contribution in [0.5, 0.6) is 23.0 Å². The smallest absolute Gasteiger partial charge is 0.343 e. The summed E-state index contributed by atoms with van der Waals surface area (Å²) in [5.74, 6) is -0.774. The van der Waals surface area contributed by atoms with Crippen LogP contribution < -0.4 is 23.8 Å². The minimum Gasteiger partial charge on any atom is -0.493 e. The number of anilines is 1. The molecule has 0 bridgehead atoms. The summed E-state index contributed by atoms with van der Waals surface area (Å²) in [6, 6.07) is 6.05. The normalized spacial score (nSPS) is 15.8. The van der Waals surface area contributed by atoms with Crippen LogP contribution in [0.1, 0.15) is 47.1 Å². The molecular formula is C24H23NO7. The number of ether oxygens (including phenoxy) is 4. The molecule has 0 atom stereocenters. The summed E-state index contributed by atoms with van der Waals surface area (Å²) in [6.07, 6.45) is 1.92. The van der Waals surface area contributed by atoms with E-state index in [1.54, 1.807) is 6.07 Å². The molecule has 32 heavy (non-hydrogen) atoms. The maximum atomic E-state index is 12.9. The molecule has 0 N–H and O–H groups in total. The third kappa shape index (κ3) is 3.10. The molecule has 166 valence electrons. The number of hydrogen-bond donors (Lipinski definition) is 0. The number of ketones is 1. The zero-order chi connectivity index (χ0) is 23.4. The largest absolute Gasteiger partial charge is 0.493 e. The van der Waals surface area contributed by atoms with Crippen molar-refractivity contribution in [2.75, 3.05) is 26.2 Å². The van der Waals surface area contributed by atoms with Crippen molar-refractivity contribution >= 4 is 28.9 Å². The molecule has 0 radical (unpaired) electrons. The van der Waals surface area contributed by atoms with E-state index in [0.29, 0.717) is 28.5 Å². The Labute approximate surface area is 185 Å². The minimum absolute atomic E-state index is 0.160. The molecule has 8 nitrogen and oxygen atoms in total. The number of rotatable bonds is 5. The number of Topliss-reactive ketones (excluding diaryl/α,β-unsaturated/α-hetero) is 1. The lowest BCUT2D eigenvalue weighted by Crippen LogP contribution is -2.47. The molecule has 0 fully saturated rings. The molecule has 0 aliphatic carbocycles. The van der Waals surface area contributed by atoms with Crippen molar-refractivity contribution in [1.29, 1.82) is 0 Å². The molecule has 8 heteroatoms. The summed E-state index contributed by atoms with van der Waals surface area (Å²) in [5.41, 5.74) is 1.87. The highest BCUT2D eigenvalue weighted by Gasteiger charge is 2.47. The second kappa shape index (κ2) is 7.40. The van der Waals surface area contributed by atoms with Crippen molar-refractivity contribution in [3.8, 4) is 23.0 Å². The summed E-state index contributed by atoms with van der Waals surface area (Å²) in [7, 11) is 4.36. The fraction of sp³-hybridized carbons (Fsp3) is 0.292. The van der Waals surface area contributed by atoms with E-state index in [-0.39, 0.29) is 16.9 Å². The highest BCUT2D eigenvalue weighted by Crippen LogP contribution is 2.47. The Bertz CT molecular complexity index is 1180. The lowest BCUT2D eigenvalue weighted by molar-refractivity contribution is -0.115. The Balaban J connectivity index is 1.76. The van der Waals surface area contributed by atoms with Gasteiger partial charge in [0.2, 0.25) is 5.75 Å². The summed E-state index contributed by atoms with van der Waals surface area (Å²) in [5, 5.41) is 0. The molecule has 2 aliphatic rings. The first kappa shape index (κ1) is 21.4. The molecule has 0 saturated carbocycles. The van der Waals surface area contributed by atoms with Gasteiger partial charge in [0.25, 0.3) is 11.7 Å². The van der Waals surface area contributed by atoms with Crippen LogP contribution in [0.2, 0.25) is 0 Å². The fourth-order valence-corrected chi connectivity index (χ4v) is 4.29. The van der Waals surface area contributed by atoms with Gasteiger partial charge in [-0.2, -0.15) is 0 Å². The molecule has 2 aromatic rings. The van der Waals surface area contributed by atoms with Crippen LogP contribution in [0.3, 0.4) is 0 Å². The van der Waals surface area contributed by atoms with E-state index < -0.39 is 23.2 Å². The van der Waals surface area contributed by atoms with Gasteiger partial charge in [-0.05, 0) is 50.6 Å². The number of methoxy groups -OCH3 is 3. The van der Waals surface area contributed by atoms with Crippen molar-refractivity contribution in [1.82, 2.24) is 0 Å². The molecule has 0 saturated heterocycles. The molecule has 0 unspecified atom stereocenters. The number of allylic oxidation sites excluding steroid dienone is 1. The zero-order valence-corrected chi connectivity index (χ0v) is 18.7. The molecule has 0 spiro atoms. The minimum atomic E-state index is -0.678. The fourth-order valence-electron chi connectivity index (χ4n) is 4.29. The molecule has 2 heterocycles. The first-order valence-corrected chi connectivity index (χ1v) is 9.92. The Kier molecular flexibility index (Phi) is 4.96. The van der Waals surface area contributed by atoms with Crippen LogP contribution >= 0.6 is 0 Å². The van der Waals surface area contributed by atoms with Gasteiger partial charge in [-0.1, -0.05) is 6.08 Å². The standard InChI is InChI=1S/C24H23NO7/c1-12-11-24(2,3)25-19-15(12)9-14(10-16(19)20(26)22(25)27)32-23(28)13-7-17(29-4)21(31-6)18(8-13)30-5/h7-11H,1-6H3. The summed E-state index contributed by atoms with van der Waals surface area (Å²) >= 11 is 0. The van der Waals surface area contributed by atoms with Crippen LogP contribution in [-0.2, 0) is 4.79 Å². The molecule has 1 amide bonds. The number of carbonyl (C=O) groups excluding carboxylic acids is 3. The number of carbonyl (C=O) groups is 3. The van der Waals surface area contributed by atoms with Gasteiger partial charge in [-0.15, -0.1) is 0 Å². The number of hydrogen-bond acceptors (Lipinski definition) is 7. The number of nitrogens with zero attached hydrogens (tertiary/aromatic N) is 1. The van der Waals surface area contributed by atoms with Gasteiger partial charge >= 0.3 is 5.97 Å². The topological polar surface area (TPSA) is 91.4 Å². The van der Waals surface area contributed by atoms with Crippen molar-refractivity contribution in [2.45, 2.75) is 26.3 Å². The molecule has 4 rings (SSSR count). The lowest BCUT2D eigenvalue weighted by Gasteiger charge is -2.38. The highest BCUT2D eigenvalue weighted by molar-refractivity contribution is 6.53. The Hall–Kier alpha value is -3.81. The van der Waals surface area contributed by atoms with Gasteiger partial charge in [0.15, 0.2) is 11.5 Å². The summed E-state index contributed by atoms with van der Waals surface area (Å²) in [4.78, 5) is 39.7. The van der Waals surface area contributed by atoms with Gasteiger partial charge in [0.05, 0.1) is 43.7 Å². The van der Waals surface area contributed by atoms with E-state index in [1.165, 1.54) is 44.4 Å². The maximum Gasteiger partial charge on any atom is 0.343 e. The third-order valence-electron chi connectivity index (χ3n) is 5.63. The number of amides is 1. The predicted molar refractivity (Wildman–Crippen MR) is 117 cm³/mol. The first-order chi connectivity index (χ1) is 15.1. The van der Waals surface area contributed by atoms with E-state index in [2.05, 4.69) is 0 Å². The highest BCUT2D eigenvalue weighted by atomic mass is 16.5. The Morgan fingerprint density at radius 2 is 1.50 bits per heavy atom. The van der Waals surface area contributed by atoms with Gasteiger partial charge in [-0.25, -0.2) is 4.79 Å². The van der Waals surface area contributed by atoms with Crippen LogP contribution in [0, 0.1) is 0 Å². The molecular weight excluding hydrogens is 414 g/mol. The average Bonchev–Trinajstić information content (AvgIpc) is 3.02. The summed E-state index contributed by atoms with van der Waals surface area (Å²) in [6.45, 7) is 5.64. The molecule has 2 aliphatic heterocycles. The van der Waals surface area contributed by atoms with Gasteiger partial charge < -0.3 is 18.9 Å². The van der Waals surface area contributed by atoms with E-state index in [0.717, 1.165) is 5.57 Å². The zero-order valence-electron chi connectivity index (χ0n) is 18.7. The average molecular weight is 437 g/mol. The lowest BCUT2D eigenvalue weighted by atomic mass is 9.89. The summed E-state index contributed by atoms with van der Waals surface area (Å²) < 4.78 is 21.4. The number of benzene rings is 2. The van der Waals surface area contributed by atoms with Crippen molar-refractivity contribution in [3.05, 3.63) is 47.0 Å². The number of esters is 1. The van der Waals surface area contributed by atoms with E-state index in [9.17, 15) is 14.4 Å². The first-order valence-electron chi connectivity index (χ1n) is 9.92. The Morgan fingerprint density at radius 3 is 2.06 bits per heavy atom. The monoisotopic (exact) mass is 437 g/mol. The molecule has 0 aromatic heterocycles.